The molecule has 166 valence electrons. The molecule has 33 heavy (non-hydrogen) atoms. The van der Waals surface area contributed by atoms with Crippen molar-refractivity contribution in [3.8, 4) is 0 Å². The maximum Gasteiger partial charge on any atom is 0.278 e. The minimum absolute atomic E-state index is 0.125. The van der Waals surface area contributed by atoms with Crippen molar-refractivity contribution >= 4 is 28.8 Å². The topological polar surface area (TPSA) is 52.7 Å². The molecule has 5 rings (SSSR count). The molecule has 2 aliphatic heterocycles. The molecule has 0 spiro atoms. The predicted molar refractivity (Wildman–Crippen MR) is 127 cm³/mol. The van der Waals surface area contributed by atoms with Crippen LogP contribution in [0.25, 0.3) is 5.57 Å². The number of halogens is 1. The number of nitrogens with one attached hydrogen (secondary N) is 1. The summed E-state index contributed by atoms with van der Waals surface area (Å²) in [7, 11) is 0. The number of carbonyl (C=O) groups excluding carboxylic acids is 2. The van der Waals surface area contributed by atoms with Crippen molar-refractivity contribution in [3.63, 3.8) is 0 Å². The SMILES string of the molecule is O=C1C(Nc2ccc(N3CCCC3)cc2)=C(c2ccccc2)C(=O)N1Cc1ccccc1F. The molecule has 3 aromatic carbocycles. The zero-order chi connectivity index (χ0) is 22.8. The second kappa shape index (κ2) is 8.90. The van der Waals surface area contributed by atoms with Gasteiger partial charge in [0, 0.05) is 30.0 Å². The van der Waals surface area contributed by atoms with E-state index in [2.05, 4.69) is 10.2 Å². The maximum absolute atomic E-state index is 14.2. The number of imide groups is 1. The summed E-state index contributed by atoms with van der Waals surface area (Å²) in [4.78, 5) is 30.1. The zero-order valence-electron chi connectivity index (χ0n) is 18.1. The molecule has 0 aliphatic carbocycles. The second-order valence-corrected chi connectivity index (χ2v) is 8.27. The number of hydrogen-bond acceptors (Lipinski definition) is 4. The Morgan fingerprint density at radius 2 is 1.45 bits per heavy atom. The fourth-order valence-corrected chi connectivity index (χ4v) is 4.38. The first kappa shape index (κ1) is 20.9. The molecule has 2 aliphatic rings. The Hall–Kier alpha value is -3.93. The maximum atomic E-state index is 14.2. The molecule has 0 atom stereocenters. The molecule has 3 aromatic rings. The third-order valence-corrected chi connectivity index (χ3v) is 6.12. The van der Waals surface area contributed by atoms with Crippen molar-refractivity contribution in [2.75, 3.05) is 23.3 Å². The fourth-order valence-electron chi connectivity index (χ4n) is 4.38. The monoisotopic (exact) mass is 441 g/mol. The Bertz CT molecular complexity index is 1220. The van der Waals surface area contributed by atoms with Crippen LogP contribution in [-0.2, 0) is 16.1 Å². The first-order valence-corrected chi connectivity index (χ1v) is 11.1. The van der Waals surface area contributed by atoms with E-state index in [9.17, 15) is 14.0 Å². The van der Waals surface area contributed by atoms with Crippen LogP contribution in [0.15, 0.2) is 84.6 Å². The van der Waals surface area contributed by atoms with Gasteiger partial charge in [-0.05, 0) is 48.7 Å². The van der Waals surface area contributed by atoms with Crippen LogP contribution in [0.3, 0.4) is 0 Å². The molecule has 2 heterocycles. The smallest absolute Gasteiger partial charge is 0.278 e. The summed E-state index contributed by atoms with van der Waals surface area (Å²) in [6.45, 7) is 1.97. The highest BCUT2D eigenvalue weighted by Gasteiger charge is 2.39. The van der Waals surface area contributed by atoms with E-state index in [1.165, 1.54) is 18.9 Å². The number of anilines is 2. The largest absolute Gasteiger partial charge is 0.372 e. The van der Waals surface area contributed by atoms with Crippen LogP contribution in [0.1, 0.15) is 24.0 Å². The lowest BCUT2D eigenvalue weighted by atomic mass is 10.0. The highest BCUT2D eigenvalue weighted by Crippen LogP contribution is 2.32. The lowest BCUT2D eigenvalue weighted by Gasteiger charge is -2.18. The van der Waals surface area contributed by atoms with Crippen molar-refractivity contribution in [2.24, 2.45) is 0 Å². The lowest BCUT2D eigenvalue weighted by molar-refractivity contribution is -0.137. The quantitative estimate of drug-likeness (QED) is 0.558. The van der Waals surface area contributed by atoms with Crippen LogP contribution in [0, 0.1) is 5.82 Å². The van der Waals surface area contributed by atoms with Crippen LogP contribution in [0.2, 0.25) is 0 Å². The molecular weight excluding hydrogens is 417 g/mol. The van der Waals surface area contributed by atoms with Gasteiger partial charge in [0.1, 0.15) is 11.5 Å². The zero-order valence-corrected chi connectivity index (χ0v) is 18.1. The summed E-state index contributed by atoms with van der Waals surface area (Å²) < 4.78 is 14.2. The van der Waals surface area contributed by atoms with E-state index in [1.54, 1.807) is 30.3 Å². The number of carbonyl (C=O) groups is 2. The Labute approximate surface area is 192 Å². The highest BCUT2D eigenvalue weighted by molar-refractivity contribution is 6.36. The summed E-state index contributed by atoms with van der Waals surface area (Å²) >= 11 is 0. The minimum atomic E-state index is -0.467. The average Bonchev–Trinajstić information content (AvgIpc) is 3.45. The number of amides is 2. The summed E-state index contributed by atoms with van der Waals surface area (Å²) in [5.74, 6) is -1.35. The van der Waals surface area contributed by atoms with Gasteiger partial charge in [-0.1, -0.05) is 48.5 Å². The minimum Gasteiger partial charge on any atom is -0.372 e. The van der Waals surface area contributed by atoms with Gasteiger partial charge >= 0.3 is 0 Å². The highest BCUT2D eigenvalue weighted by atomic mass is 19.1. The standard InChI is InChI=1S/C27H24FN3O2/c28-23-11-5-4-10-20(23)18-31-26(32)24(19-8-2-1-3-9-19)25(27(31)33)29-21-12-14-22(15-13-21)30-16-6-7-17-30/h1-5,8-15,29H,6-7,16-18H2. The van der Waals surface area contributed by atoms with Gasteiger partial charge in [-0.2, -0.15) is 0 Å². The summed E-state index contributed by atoms with van der Waals surface area (Å²) in [5, 5.41) is 3.17. The molecule has 6 heteroatoms. The van der Waals surface area contributed by atoms with Crippen LogP contribution in [0.5, 0.6) is 0 Å². The van der Waals surface area contributed by atoms with Crippen LogP contribution in [0.4, 0.5) is 15.8 Å². The van der Waals surface area contributed by atoms with E-state index < -0.39 is 17.6 Å². The van der Waals surface area contributed by atoms with E-state index >= 15 is 0 Å². The van der Waals surface area contributed by atoms with Crippen molar-refractivity contribution < 1.29 is 14.0 Å². The van der Waals surface area contributed by atoms with Crippen molar-refractivity contribution in [2.45, 2.75) is 19.4 Å². The van der Waals surface area contributed by atoms with E-state index in [0.717, 1.165) is 29.4 Å². The second-order valence-electron chi connectivity index (χ2n) is 8.27. The lowest BCUT2D eigenvalue weighted by Crippen LogP contribution is -2.32. The Morgan fingerprint density at radius 1 is 0.788 bits per heavy atom. The molecule has 2 amide bonds. The first-order chi connectivity index (χ1) is 16.1. The Balaban J connectivity index is 1.46. The van der Waals surface area contributed by atoms with Crippen LogP contribution in [-0.4, -0.2) is 29.8 Å². The third-order valence-electron chi connectivity index (χ3n) is 6.12. The van der Waals surface area contributed by atoms with Gasteiger partial charge in [-0.25, -0.2) is 4.39 Å². The average molecular weight is 442 g/mol. The molecular formula is C27H24FN3O2. The van der Waals surface area contributed by atoms with Gasteiger partial charge in [-0.3, -0.25) is 14.5 Å². The normalized spacial score (nSPS) is 16.2. The molecule has 5 nitrogen and oxygen atoms in total. The van der Waals surface area contributed by atoms with E-state index in [1.807, 2.05) is 42.5 Å². The van der Waals surface area contributed by atoms with Gasteiger partial charge in [0.25, 0.3) is 11.8 Å². The van der Waals surface area contributed by atoms with Crippen molar-refractivity contribution in [1.29, 1.82) is 0 Å². The summed E-state index contributed by atoms with van der Waals surface area (Å²) in [6, 6.07) is 23.2. The molecule has 0 radical (unpaired) electrons. The van der Waals surface area contributed by atoms with E-state index in [-0.39, 0.29) is 12.2 Å². The molecule has 0 unspecified atom stereocenters. The third kappa shape index (κ3) is 4.12. The number of hydrogen-bond donors (Lipinski definition) is 1. The fraction of sp³-hybridized carbons (Fsp3) is 0.185. The number of nitrogens with zero attached hydrogens (tertiary/aromatic N) is 2. The molecule has 1 saturated heterocycles. The molecule has 0 aromatic heterocycles. The number of benzene rings is 3. The predicted octanol–water partition coefficient (Wildman–Crippen LogP) is 4.82. The van der Waals surface area contributed by atoms with Crippen molar-refractivity contribution in [1.82, 2.24) is 4.90 Å². The summed E-state index contributed by atoms with van der Waals surface area (Å²) in [5.41, 5.74) is 3.29. The first-order valence-electron chi connectivity index (χ1n) is 11.1. The van der Waals surface area contributed by atoms with E-state index in [0.29, 0.717) is 16.7 Å². The van der Waals surface area contributed by atoms with Gasteiger partial charge in [-0.15, -0.1) is 0 Å². The summed E-state index contributed by atoms with van der Waals surface area (Å²) in [6.07, 6.45) is 2.39. The Kier molecular flexibility index (Phi) is 5.65. The van der Waals surface area contributed by atoms with Gasteiger partial charge in [0.2, 0.25) is 0 Å². The van der Waals surface area contributed by atoms with E-state index in [4.69, 9.17) is 0 Å². The molecule has 1 N–H and O–H groups in total. The molecule has 0 saturated carbocycles. The number of rotatable bonds is 6. The molecule has 1 fully saturated rings. The van der Waals surface area contributed by atoms with Crippen molar-refractivity contribution in [3.05, 3.63) is 102 Å². The van der Waals surface area contributed by atoms with Crippen LogP contribution < -0.4 is 10.2 Å². The van der Waals surface area contributed by atoms with Gasteiger partial charge < -0.3 is 10.2 Å². The molecule has 0 bridgehead atoms. The van der Waals surface area contributed by atoms with Gasteiger partial charge in [0.15, 0.2) is 0 Å². The van der Waals surface area contributed by atoms with Crippen LogP contribution >= 0.6 is 0 Å². The Morgan fingerprint density at radius 3 is 2.15 bits per heavy atom. The van der Waals surface area contributed by atoms with Gasteiger partial charge in [0.05, 0.1) is 12.1 Å².